The Morgan fingerprint density at radius 3 is 2.75 bits per heavy atom. The molecule has 0 saturated carbocycles. The van der Waals surface area contributed by atoms with Gasteiger partial charge in [0.25, 0.3) is 5.91 Å². The highest BCUT2D eigenvalue weighted by Crippen LogP contribution is 2.29. The van der Waals surface area contributed by atoms with Gasteiger partial charge in [0, 0.05) is 16.0 Å². The van der Waals surface area contributed by atoms with Crippen LogP contribution in [0, 0.1) is 5.41 Å². The molecule has 0 radical (unpaired) electrons. The lowest BCUT2D eigenvalue weighted by atomic mass is 9.80. The zero-order chi connectivity index (χ0) is 14.8. The molecule has 1 N–H and O–H groups in total. The van der Waals surface area contributed by atoms with Gasteiger partial charge in [-0.2, -0.15) is 0 Å². The van der Waals surface area contributed by atoms with Gasteiger partial charge in [-0.1, -0.05) is 18.5 Å². The fourth-order valence-corrected chi connectivity index (χ4v) is 2.99. The van der Waals surface area contributed by atoms with Crippen molar-refractivity contribution in [3.63, 3.8) is 0 Å². The zero-order valence-electron chi connectivity index (χ0n) is 11.9. The largest absolute Gasteiger partial charge is 0.351 e. The van der Waals surface area contributed by atoms with Gasteiger partial charge in [-0.15, -0.1) is 0 Å². The predicted molar refractivity (Wildman–Crippen MR) is 86.3 cm³/mol. The first-order valence-electron chi connectivity index (χ1n) is 6.81. The molecular weight excluding hydrogens is 340 g/mol. The van der Waals surface area contributed by atoms with Crippen molar-refractivity contribution in [2.24, 2.45) is 5.41 Å². The van der Waals surface area contributed by atoms with Crippen LogP contribution in [0.4, 0.5) is 0 Å². The van der Waals surface area contributed by atoms with Gasteiger partial charge in [-0.3, -0.25) is 4.79 Å². The topological polar surface area (TPSA) is 32.3 Å². The first-order valence-corrected chi connectivity index (χ1v) is 7.98. The minimum atomic E-state index is -0.0699. The SMILES string of the molecule is CN1CCC(C)(CNC(=O)c2cc(Cl)ccc2Br)CC1. The van der Waals surface area contributed by atoms with Crippen molar-refractivity contribution in [1.82, 2.24) is 10.2 Å². The molecule has 0 atom stereocenters. The number of hydrogen-bond donors (Lipinski definition) is 1. The maximum absolute atomic E-state index is 12.3. The second-order valence-electron chi connectivity index (χ2n) is 5.92. The lowest BCUT2D eigenvalue weighted by Crippen LogP contribution is -2.43. The second-order valence-corrected chi connectivity index (χ2v) is 7.21. The smallest absolute Gasteiger partial charge is 0.252 e. The quantitative estimate of drug-likeness (QED) is 0.895. The van der Waals surface area contributed by atoms with Crippen LogP contribution in [-0.4, -0.2) is 37.5 Å². The van der Waals surface area contributed by atoms with Gasteiger partial charge in [-0.25, -0.2) is 0 Å². The van der Waals surface area contributed by atoms with E-state index in [-0.39, 0.29) is 11.3 Å². The summed E-state index contributed by atoms with van der Waals surface area (Å²) in [6, 6.07) is 5.26. The van der Waals surface area contributed by atoms with E-state index in [0.717, 1.165) is 30.4 Å². The Morgan fingerprint density at radius 1 is 1.45 bits per heavy atom. The highest BCUT2D eigenvalue weighted by Gasteiger charge is 2.29. The van der Waals surface area contributed by atoms with Crippen LogP contribution in [0.15, 0.2) is 22.7 Å². The fourth-order valence-electron chi connectivity index (χ4n) is 2.40. The van der Waals surface area contributed by atoms with E-state index in [1.807, 2.05) is 0 Å². The molecule has 0 bridgehead atoms. The van der Waals surface area contributed by atoms with E-state index in [9.17, 15) is 4.79 Å². The zero-order valence-corrected chi connectivity index (χ0v) is 14.2. The van der Waals surface area contributed by atoms with Crippen LogP contribution in [0.1, 0.15) is 30.1 Å². The summed E-state index contributed by atoms with van der Waals surface area (Å²) in [5.74, 6) is -0.0699. The van der Waals surface area contributed by atoms with Crippen LogP contribution in [0.5, 0.6) is 0 Å². The number of hydrogen-bond acceptors (Lipinski definition) is 2. The third kappa shape index (κ3) is 3.96. The van der Waals surface area contributed by atoms with Gasteiger partial charge in [0.1, 0.15) is 0 Å². The molecule has 2 rings (SSSR count). The first kappa shape index (κ1) is 15.8. The van der Waals surface area contributed by atoms with Gasteiger partial charge in [0.15, 0.2) is 0 Å². The normalized spacial score (nSPS) is 18.8. The molecule has 1 amide bonds. The van der Waals surface area contributed by atoms with E-state index in [0.29, 0.717) is 17.1 Å². The highest BCUT2D eigenvalue weighted by atomic mass is 79.9. The first-order chi connectivity index (χ1) is 9.39. The minimum absolute atomic E-state index is 0.0699. The molecule has 1 fully saturated rings. The molecule has 1 aromatic rings. The summed E-state index contributed by atoms with van der Waals surface area (Å²) >= 11 is 9.34. The predicted octanol–water partition coefficient (Wildman–Crippen LogP) is 3.56. The molecular formula is C15H20BrClN2O. The Labute approximate surface area is 133 Å². The third-order valence-electron chi connectivity index (χ3n) is 4.04. The van der Waals surface area contributed by atoms with Crippen LogP contribution >= 0.6 is 27.5 Å². The molecule has 1 heterocycles. The number of amides is 1. The van der Waals surface area contributed by atoms with E-state index >= 15 is 0 Å². The molecule has 3 nitrogen and oxygen atoms in total. The van der Waals surface area contributed by atoms with Crippen molar-refractivity contribution in [3.05, 3.63) is 33.3 Å². The lowest BCUT2D eigenvalue weighted by Gasteiger charge is -2.38. The average molecular weight is 360 g/mol. The highest BCUT2D eigenvalue weighted by molar-refractivity contribution is 9.10. The van der Waals surface area contributed by atoms with Crippen molar-refractivity contribution < 1.29 is 4.79 Å². The van der Waals surface area contributed by atoms with E-state index < -0.39 is 0 Å². The molecule has 110 valence electrons. The molecule has 1 aliphatic heterocycles. The van der Waals surface area contributed by atoms with Crippen molar-refractivity contribution in [3.8, 4) is 0 Å². The fraction of sp³-hybridized carbons (Fsp3) is 0.533. The van der Waals surface area contributed by atoms with Crippen molar-refractivity contribution >= 4 is 33.4 Å². The third-order valence-corrected chi connectivity index (χ3v) is 4.97. The summed E-state index contributed by atoms with van der Waals surface area (Å²) in [5, 5.41) is 3.62. The number of carbonyl (C=O) groups is 1. The molecule has 5 heteroatoms. The van der Waals surface area contributed by atoms with Gasteiger partial charge in [0.05, 0.1) is 5.56 Å². The van der Waals surface area contributed by atoms with Crippen LogP contribution in [0.3, 0.4) is 0 Å². The molecule has 0 spiro atoms. The Hall–Kier alpha value is -0.580. The molecule has 1 saturated heterocycles. The number of halogens is 2. The number of rotatable bonds is 3. The molecule has 20 heavy (non-hydrogen) atoms. The van der Waals surface area contributed by atoms with Crippen LogP contribution in [-0.2, 0) is 0 Å². The molecule has 1 aromatic carbocycles. The molecule has 1 aliphatic rings. The Bertz CT molecular complexity index is 499. The maximum atomic E-state index is 12.3. The van der Waals surface area contributed by atoms with Crippen LogP contribution in [0.25, 0.3) is 0 Å². The van der Waals surface area contributed by atoms with E-state index in [1.54, 1.807) is 18.2 Å². The van der Waals surface area contributed by atoms with E-state index in [2.05, 4.69) is 40.1 Å². The van der Waals surface area contributed by atoms with Gasteiger partial charge in [-0.05, 0) is 72.5 Å². The summed E-state index contributed by atoms with van der Waals surface area (Å²) < 4.78 is 0.771. The Kier molecular flexibility index (Phi) is 5.10. The molecule has 0 unspecified atom stereocenters. The van der Waals surface area contributed by atoms with Gasteiger partial charge < -0.3 is 10.2 Å². The second kappa shape index (κ2) is 6.46. The number of likely N-dealkylation sites (tertiary alicyclic amines) is 1. The lowest BCUT2D eigenvalue weighted by molar-refractivity contribution is 0.0891. The number of nitrogens with zero attached hydrogens (tertiary/aromatic N) is 1. The van der Waals surface area contributed by atoms with Gasteiger partial charge in [0.2, 0.25) is 0 Å². The van der Waals surface area contributed by atoms with E-state index in [4.69, 9.17) is 11.6 Å². The number of nitrogens with one attached hydrogen (secondary N) is 1. The standard InChI is InChI=1S/C15H20BrClN2O/c1-15(5-7-19(2)8-6-15)10-18-14(20)12-9-11(17)3-4-13(12)16/h3-4,9H,5-8,10H2,1-2H3,(H,18,20). The minimum Gasteiger partial charge on any atom is -0.351 e. The summed E-state index contributed by atoms with van der Waals surface area (Å²) in [7, 11) is 2.14. The van der Waals surface area contributed by atoms with Crippen molar-refractivity contribution in [2.75, 3.05) is 26.7 Å². The van der Waals surface area contributed by atoms with Crippen LogP contribution in [0.2, 0.25) is 5.02 Å². The maximum Gasteiger partial charge on any atom is 0.252 e. The van der Waals surface area contributed by atoms with Crippen molar-refractivity contribution in [1.29, 1.82) is 0 Å². The number of carbonyl (C=O) groups excluding carboxylic acids is 1. The summed E-state index contributed by atoms with van der Waals surface area (Å²) in [4.78, 5) is 14.6. The Morgan fingerprint density at radius 2 is 2.10 bits per heavy atom. The monoisotopic (exact) mass is 358 g/mol. The van der Waals surface area contributed by atoms with Gasteiger partial charge >= 0.3 is 0 Å². The van der Waals surface area contributed by atoms with E-state index in [1.165, 1.54) is 0 Å². The number of piperidine rings is 1. The number of benzene rings is 1. The molecule has 0 aromatic heterocycles. The average Bonchev–Trinajstić information content (AvgIpc) is 2.43. The van der Waals surface area contributed by atoms with Crippen LogP contribution < -0.4 is 5.32 Å². The summed E-state index contributed by atoms with van der Waals surface area (Å²) in [6.45, 7) is 5.13. The Balaban J connectivity index is 1.97. The summed E-state index contributed by atoms with van der Waals surface area (Å²) in [6.07, 6.45) is 2.22. The summed E-state index contributed by atoms with van der Waals surface area (Å²) in [5.41, 5.74) is 0.779. The molecule has 0 aliphatic carbocycles. The van der Waals surface area contributed by atoms with Crippen molar-refractivity contribution in [2.45, 2.75) is 19.8 Å².